The molecule has 656 valence electrons. The fourth-order valence-corrected chi connectivity index (χ4v) is 20.4. The van der Waals surface area contributed by atoms with Gasteiger partial charge in [-0.2, -0.15) is 23.2 Å². The SMILES string of the molecule is [Pt+2].[Pt+2].[Pt+2].[c-]1c2ccc3c1c1nc(ccc1CCCCCC3)n1c3[c-]c4c(cc3c3ccccc31)c1ccccc1n4c1cccc(n1)o2.[c-]1c2ccc3c4ccccc4n(c13)-c1ccc(cn1)CCCCCCCCc1ccnc(c1)-n1c3[c-]c(ccc3c3ccccc31)O2.[c-]1c2cccc1-n1c3[c-]c(ccc3c3ccccc31)-c1ccc(cn1)CCCCCCCc1ccc-2nc1. The van der Waals surface area contributed by atoms with Gasteiger partial charge in [-0.05, 0) is 202 Å². The Kier molecular flexibility index (Phi) is 24.7. The smallest absolute Gasteiger partial charge is 0.509 e. The zero-order chi connectivity index (χ0) is 86.0. The van der Waals surface area contributed by atoms with E-state index in [0.29, 0.717) is 22.8 Å². The van der Waals surface area contributed by atoms with Crippen molar-refractivity contribution in [1.29, 1.82) is 0 Å². The Balaban J connectivity index is 0.000000119. The molecule has 0 unspecified atom stereocenters. The summed E-state index contributed by atoms with van der Waals surface area (Å²) in [6, 6.07) is 118. The zero-order valence-corrected chi connectivity index (χ0v) is 80.1. The number of nitrogens with zero attached hydrogens (tertiary/aromatic N) is 11. The number of para-hydroxylation sites is 5. The maximum Gasteiger partial charge on any atom is 2.00 e. The van der Waals surface area contributed by atoms with E-state index in [9.17, 15) is 0 Å². The molecule has 6 aliphatic heterocycles. The maximum absolute atomic E-state index is 6.54. The predicted octanol–water partition coefficient (Wildman–Crippen LogP) is 28.9. The van der Waals surface area contributed by atoms with E-state index in [1.807, 2.05) is 61.2 Å². The first-order valence-electron chi connectivity index (χ1n) is 46.4. The van der Waals surface area contributed by atoms with Crippen LogP contribution in [0.25, 0.3) is 182 Å². The van der Waals surface area contributed by atoms with Gasteiger partial charge in [0, 0.05) is 75.5 Å². The van der Waals surface area contributed by atoms with Crippen LogP contribution in [-0.2, 0) is 102 Å². The molecule has 0 saturated carbocycles. The van der Waals surface area contributed by atoms with Crippen molar-refractivity contribution in [2.24, 2.45) is 0 Å². The second-order valence-electron chi connectivity index (χ2n) is 35.2. The molecule has 16 heteroatoms. The normalized spacial score (nSPS) is 13.9. The molecule has 0 atom stereocenters. The molecule has 18 heterocycles. The van der Waals surface area contributed by atoms with Gasteiger partial charge in [0.15, 0.2) is 0 Å². The number of hydrogen-bond donors (Lipinski definition) is 0. The summed E-state index contributed by atoms with van der Waals surface area (Å²) in [5, 5.41) is 12.6. The molecular formula is C117H91N11O2Pt3. The number of aromatic nitrogens is 11. The van der Waals surface area contributed by atoms with Gasteiger partial charge in [-0.15, -0.1) is 129 Å². The largest absolute Gasteiger partial charge is 2.00 e. The number of fused-ring (bicyclic) bond motifs is 27. The quantitative estimate of drug-likeness (QED) is 0.138. The Bertz CT molecular complexity index is 8410. The summed E-state index contributed by atoms with van der Waals surface area (Å²) >= 11 is 0. The minimum Gasteiger partial charge on any atom is -0.509 e. The zero-order valence-electron chi connectivity index (χ0n) is 73.3. The van der Waals surface area contributed by atoms with Crippen LogP contribution in [0.4, 0.5) is 0 Å². The number of rotatable bonds is 0. The Morgan fingerprint density at radius 1 is 0.278 bits per heavy atom. The van der Waals surface area contributed by atoms with Crippen LogP contribution < -0.4 is 4.74 Å². The van der Waals surface area contributed by atoms with E-state index in [0.717, 1.165) is 195 Å². The summed E-state index contributed by atoms with van der Waals surface area (Å²) in [6.07, 6.45) is 32.8. The summed E-state index contributed by atoms with van der Waals surface area (Å²) in [4.78, 5) is 30.0. The molecule has 0 N–H and O–H groups in total. The van der Waals surface area contributed by atoms with Gasteiger partial charge in [-0.25, -0.2) is 9.97 Å². The molecule has 11 aromatic carbocycles. The number of benzene rings is 11. The van der Waals surface area contributed by atoms with Gasteiger partial charge >= 0.3 is 63.2 Å². The summed E-state index contributed by atoms with van der Waals surface area (Å²) in [5.41, 5.74) is 26.9. The molecule has 1 aliphatic carbocycles. The molecule has 0 spiro atoms. The van der Waals surface area contributed by atoms with Crippen molar-refractivity contribution in [3.05, 3.63) is 368 Å². The van der Waals surface area contributed by atoms with Crippen LogP contribution in [0.15, 0.2) is 302 Å². The first-order chi connectivity index (χ1) is 64.4. The van der Waals surface area contributed by atoms with Crippen molar-refractivity contribution >= 4 is 143 Å². The first-order valence-corrected chi connectivity index (χ1v) is 46.4. The second-order valence-corrected chi connectivity index (χ2v) is 35.2. The molecule has 23 aromatic rings. The van der Waals surface area contributed by atoms with Crippen molar-refractivity contribution < 1.29 is 72.3 Å². The molecule has 0 fully saturated rings. The number of aryl methyl sites for hydroxylation is 6. The van der Waals surface area contributed by atoms with E-state index in [1.54, 1.807) is 0 Å². The average molecular weight is 2270 g/mol. The summed E-state index contributed by atoms with van der Waals surface area (Å²) < 4.78 is 24.2. The molecule has 12 aromatic heterocycles. The van der Waals surface area contributed by atoms with Crippen molar-refractivity contribution in [1.82, 2.24) is 52.4 Å². The number of ether oxygens (including phenoxy) is 1. The van der Waals surface area contributed by atoms with Gasteiger partial charge in [-0.1, -0.05) is 243 Å². The average Bonchev–Trinajstić information content (AvgIpc) is 1.55. The standard InChI is InChI=1S/C42H34N4O.C40H28N4O.C35H29N3.3Pt/c1-2-4-6-12-30-17-22-41(44-28-30)45-37-15-9-7-13-33(37)35-20-18-31(26-39(35)45)47-32-19-21-36-34-14-8-10-16-38(34)46(40(36)27-32)42-25-29(11-5-3-1)23-24-43-42;1-2-4-11-26-19-21-38-42-40(26)30-22-27(20-18-25(30)10-3-1)45-39-17-9-16-37(41-39)43-33-14-7-5-12-28(33)31-23-32-29-13-6-8-15-34(29)44(38)36(32)24-35(31)43;1-2-4-9-25-15-19-32(36-23-25)27-11-8-12-29(21-27)38-34-14-7-6-13-30(34)31-18-17-28(22-35(31)38)33-20-16-26(24-37-33)10-5-3-1;;;/h7-10,13-25,28H,1-6,11-12H2;5-9,12-21,23H,1-4,10-11H2;6-8,11-20,23-24H,1-5,9-10H2;;;/q3*-2;3*+2. The molecule has 133 heavy (non-hydrogen) atoms. The second kappa shape index (κ2) is 37.9. The van der Waals surface area contributed by atoms with Gasteiger partial charge in [0.2, 0.25) is 5.71 Å². The first kappa shape index (κ1) is 86.7. The van der Waals surface area contributed by atoms with E-state index in [1.165, 1.54) is 144 Å². The van der Waals surface area contributed by atoms with Crippen molar-refractivity contribution in [3.8, 4) is 51.3 Å². The molecule has 0 saturated heterocycles. The van der Waals surface area contributed by atoms with Crippen LogP contribution in [0.1, 0.15) is 130 Å². The van der Waals surface area contributed by atoms with Gasteiger partial charge in [0.25, 0.3) is 0 Å². The summed E-state index contributed by atoms with van der Waals surface area (Å²) in [6.45, 7) is 0. The van der Waals surface area contributed by atoms with E-state index >= 15 is 0 Å². The van der Waals surface area contributed by atoms with E-state index in [-0.39, 0.29) is 63.2 Å². The summed E-state index contributed by atoms with van der Waals surface area (Å²) in [5.74, 6) is 3.06. The van der Waals surface area contributed by atoms with E-state index in [4.69, 9.17) is 39.1 Å². The monoisotopic (exact) mass is 2270 g/mol. The molecule has 13 nitrogen and oxygen atoms in total. The fraction of sp³-hybridized carbons (Fsp3) is 0.179. The van der Waals surface area contributed by atoms with Gasteiger partial charge in [0.1, 0.15) is 22.9 Å². The summed E-state index contributed by atoms with van der Waals surface area (Å²) in [7, 11) is 0. The van der Waals surface area contributed by atoms with Gasteiger partial charge < -0.3 is 41.6 Å². The predicted molar refractivity (Wildman–Crippen MR) is 528 cm³/mol. The number of pyridine rings is 6. The van der Waals surface area contributed by atoms with Crippen LogP contribution in [0.3, 0.4) is 0 Å². The minimum atomic E-state index is 0. The number of hydrogen-bond acceptors (Lipinski definition) is 8. The third-order valence-corrected chi connectivity index (χ3v) is 26.9. The van der Waals surface area contributed by atoms with Crippen molar-refractivity contribution in [3.63, 3.8) is 0 Å². The maximum atomic E-state index is 6.54. The third-order valence-electron chi connectivity index (χ3n) is 26.9. The van der Waals surface area contributed by atoms with Gasteiger partial charge in [0.05, 0.1) is 0 Å². The van der Waals surface area contributed by atoms with Crippen molar-refractivity contribution in [2.75, 3.05) is 0 Å². The Hall–Kier alpha value is -13.0. The molecule has 24 bridgehead atoms. The molecule has 7 aliphatic rings. The van der Waals surface area contributed by atoms with Crippen LogP contribution in [0, 0.1) is 36.4 Å². The van der Waals surface area contributed by atoms with Crippen LogP contribution in [-0.4, -0.2) is 52.4 Å². The minimum absolute atomic E-state index is 0. The Morgan fingerprint density at radius 2 is 0.752 bits per heavy atom. The topological polar surface area (TPSA) is 123 Å². The molecular weight excluding hydrogens is 2180 g/mol. The third kappa shape index (κ3) is 16.6. The van der Waals surface area contributed by atoms with Crippen LogP contribution in [0.5, 0.6) is 11.5 Å². The Labute approximate surface area is 814 Å². The molecule has 0 radical (unpaired) electrons. The van der Waals surface area contributed by atoms with Gasteiger partial charge in [-0.3, -0.25) is 4.98 Å². The molecule has 30 rings (SSSR count). The van der Waals surface area contributed by atoms with Crippen LogP contribution >= 0.6 is 0 Å². The molecule has 0 amide bonds. The van der Waals surface area contributed by atoms with E-state index < -0.39 is 0 Å². The van der Waals surface area contributed by atoms with E-state index in [2.05, 4.69) is 295 Å². The van der Waals surface area contributed by atoms with Crippen LogP contribution in [0.2, 0.25) is 0 Å². The fourth-order valence-electron chi connectivity index (χ4n) is 20.4. The van der Waals surface area contributed by atoms with Crippen molar-refractivity contribution in [2.45, 2.75) is 135 Å². The Morgan fingerprint density at radius 3 is 1.32 bits per heavy atom.